The van der Waals surface area contributed by atoms with Crippen molar-refractivity contribution in [1.29, 1.82) is 0 Å². The van der Waals surface area contributed by atoms with Gasteiger partial charge in [0.05, 0.1) is 0 Å². The zero-order valence-corrected chi connectivity index (χ0v) is 14.9. The summed E-state index contributed by atoms with van der Waals surface area (Å²) in [6.45, 7) is 10.9. The lowest BCUT2D eigenvalue weighted by atomic mass is 9.87. The summed E-state index contributed by atoms with van der Waals surface area (Å²) in [6.07, 6.45) is 7.43. The Morgan fingerprint density at radius 1 is 1.09 bits per heavy atom. The topological polar surface area (TPSA) is 41.6 Å². The Morgan fingerprint density at radius 2 is 1.68 bits per heavy atom. The molecule has 0 aromatic heterocycles. The summed E-state index contributed by atoms with van der Waals surface area (Å²) in [5.41, 5.74) is -0.395. The quantitative estimate of drug-likeness (QED) is 0.862. The Morgan fingerprint density at radius 3 is 2.23 bits per heavy atom. The number of ether oxygens (including phenoxy) is 1. The lowest BCUT2D eigenvalue weighted by Crippen LogP contribution is -2.44. The van der Waals surface area contributed by atoms with Gasteiger partial charge in [0.25, 0.3) is 0 Å². The first-order valence-electron chi connectivity index (χ1n) is 9.05. The highest BCUT2D eigenvalue weighted by molar-refractivity contribution is 5.68. The Kier molecular flexibility index (Phi) is 6.13. The van der Waals surface area contributed by atoms with Gasteiger partial charge in [-0.15, -0.1) is 0 Å². The van der Waals surface area contributed by atoms with Crippen molar-refractivity contribution >= 4 is 6.09 Å². The van der Waals surface area contributed by atoms with E-state index in [9.17, 15) is 4.79 Å². The van der Waals surface area contributed by atoms with Gasteiger partial charge in [-0.3, -0.25) is 0 Å². The first-order chi connectivity index (χ1) is 10.3. The zero-order valence-electron chi connectivity index (χ0n) is 14.9. The van der Waals surface area contributed by atoms with Gasteiger partial charge in [-0.25, -0.2) is 4.79 Å². The molecule has 1 aliphatic heterocycles. The SMILES string of the molecule is CC1CCC(NCC2CCN(C(=O)OC(C)(C)C)CC2)CC1. The van der Waals surface area contributed by atoms with Crippen LogP contribution in [0, 0.1) is 11.8 Å². The number of piperidine rings is 1. The highest BCUT2D eigenvalue weighted by Crippen LogP contribution is 2.24. The molecule has 0 radical (unpaired) electrons. The van der Waals surface area contributed by atoms with E-state index in [1.807, 2.05) is 25.7 Å². The Hall–Kier alpha value is -0.770. The molecule has 4 heteroatoms. The van der Waals surface area contributed by atoms with Gasteiger partial charge in [0.1, 0.15) is 5.60 Å². The molecule has 0 unspecified atom stereocenters. The Bertz CT molecular complexity index is 349. The molecule has 1 saturated heterocycles. The molecule has 1 saturated carbocycles. The minimum atomic E-state index is -0.395. The predicted molar refractivity (Wildman–Crippen MR) is 90.0 cm³/mol. The summed E-state index contributed by atoms with van der Waals surface area (Å²) in [5.74, 6) is 1.62. The van der Waals surface area contributed by atoms with E-state index in [2.05, 4.69) is 12.2 Å². The second-order valence-corrected chi connectivity index (χ2v) is 8.28. The number of likely N-dealkylation sites (tertiary alicyclic amines) is 1. The maximum atomic E-state index is 12.0. The van der Waals surface area contributed by atoms with Crippen LogP contribution in [-0.2, 0) is 4.74 Å². The number of rotatable bonds is 3. The molecule has 2 rings (SSSR count). The fourth-order valence-electron chi connectivity index (χ4n) is 3.44. The summed E-state index contributed by atoms with van der Waals surface area (Å²) in [4.78, 5) is 13.9. The summed E-state index contributed by atoms with van der Waals surface area (Å²) in [7, 11) is 0. The van der Waals surface area contributed by atoms with E-state index in [1.165, 1.54) is 25.7 Å². The summed E-state index contributed by atoms with van der Waals surface area (Å²) in [6, 6.07) is 0.722. The molecular weight excluding hydrogens is 276 g/mol. The summed E-state index contributed by atoms with van der Waals surface area (Å²) >= 11 is 0. The van der Waals surface area contributed by atoms with Crippen LogP contribution in [0.4, 0.5) is 4.79 Å². The molecule has 0 bridgehead atoms. The van der Waals surface area contributed by atoms with Crippen LogP contribution in [0.2, 0.25) is 0 Å². The van der Waals surface area contributed by atoms with Crippen molar-refractivity contribution in [3.05, 3.63) is 0 Å². The second kappa shape index (κ2) is 7.67. The van der Waals surface area contributed by atoms with Gasteiger partial charge in [0.2, 0.25) is 0 Å². The molecule has 0 spiro atoms. The Labute approximate surface area is 136 Å². The maximum Gasteiger partial charge on any atom is 0.410 e. The summed E-state index contributed by atoms with van der Waals surface area (Å²) < 4.78 is 5.45. The van der Waals surface area contributed by atoms with E-state index in [1.54, 1.807) is 0 Å². The van der Waals surface area contributed by atoms with Crippen molar-refractivity contribution in [2.24, 2.45) is 11.8 Å². The van der Waals surface area contributed by atoms with Crippen molar-refractivity contribution in [2.45, 2.75) is 77.9 Å². The van der Waals surface area contributed by atoms with Crippen molar-refractivity contribution in [3.8, 4) is 0 Å². The number of nitrogens with zero attached hydrogens (tertiary/aromatic N) is 1. The van der Waals surface area contributed by atoms with Crippen molar-refractivity contribution in [3.63, 3.8) is 0 Å². The first kappa shape index (κ1) is 17.6. The van der Waals surface area contributed by atoms with E-state index in [4.69, 9.17) is 4.74 Å². The molecule has 0 atom stereocenters. The molecular formula is C18H34N2O2. The van der Waals surface area contributed by atoms with E-state index >= 15 is 0 Å². The number of amides is 1. The maximum absolute atomic E-state index is 12.0. The number of hydrogen-bond donors (Lipinski definition) is 1. The zero-order chi connectivity index (χ0) is 16.2. The molecule has 0 aromatic carbocycles. The van der Waals surface area contributed by atoms with Crippen molar-refractivity contribution in [2.75, 3.05) is 19.6 Å². The van der Waals surface area contributed by atoms with Gasteiger partial charge in [0, 0.05) is 19.1 Å². The number of hydrogen-bond acceptors (Lipinski definition) is 3. The molecule has 4 nitrogen and oxygen atoms in total. The average molecular weight is 310 g/mol. The smallest absolute Gasteiger partial charge is 0.410 e. The van der Waals surface area contributed by atoms with Crippen LogP contribution in [-0.4, -0.2) is 42.3 Å². The van der Waals surface area contributed by atoms with Crippen LogP contribution in [0.25, 0.3) is 0 Å². The average Bonchev–Trinajstić information content (AvgIpc) is 2.45. The number of nitrogens with one attached hydrogen (secondary N) is 1. The normalized spacial score (nSPS) is 27.7. The highest BCUT2D eigenvalue weighted by Gasteiger charge is 2.27. The van der Waals surface area contributed by atoms with Gasteiger partial charge in [-0.2, -0.15) is 0 Å². The number of carbonyl (C=O) groups is 1. The van der Waals surface area contributed by atoms with Gasteiger partial charge in [0.15, 0.2) is 0 Å². The third-order valence-corrected chi connectivity index (χ3v) is 4.98. The lowest BCUT2D eigenvalue weighted by Gasteiger charge is -2.34. The highest BCUT2D eigenvalue weighted by atomic mass is 16.6. The van der Waals surface area contributed by atoms with E-state index < -0.39 is 5.60 Å². The van der Waals surface area contributed by atoms with Crippen LogP contribution >= 0.6 is 0 Å². The molecule has 2 aliphatic rings. The second-order valence-electron chi connectivity index (χ2n) is 8.28. The minimum Gasteiger partial charge on any atom is -0.444 e. The van der Waals surface area contributed by atoms with E-state index in [-0.39, 0.29) is 6.09 Å². The molecule has 1 aliphatic carbocycles. The third kappa shape index (κ3) is 5.79. The molecule has 1 heterocycles. The fraction of sp³-hybridized carbons (Fsp3) is 0.944. The number of carbonyl (C=O) groups excluding carboxylic acids is 1. The van der Waals surface area contributed by atoms with E-state index in [0.29, 0.717) is 5.92 Å². The van der Waals surface area contributed by atoms with Crippen LogP contribution in [0.15, 0.2) is 0 Å². The third-order valence-electron chi connectivity index (χ3n) is 4.98. The predicted octanol–water partition coefficient (Wildman–Crippen LogP) is 3.80. The standard InChI is InChI=1S/C18H34N2O2/c1-14-5-7-16(8-6-14)19-13-15-9-11-20(12-10-15)17(21)22-18(2,3)4/h14-16,19H,5-13H2,1-4H3. The molecule has 2 fully saturated rings. The van der Waals surface area contributed by atoms with Crippen LogP contribution in [0.5, 0.6) is 0 Å². The minimum absolute atomic E-state index is 0.153. The van der Waals surface area contributed by atoms with Gasteiger partial charge in [-0.1, -0.05) is 6.92 Å². The first-order valence-corrected chi connectivity index (χ1v) is 9.05. The largest absolute Gasteiger partial charge is 0.444 e. The van der Waals surface area contributed by atoms with Crippen LogP contribution < -0.4 is 5.32 Å². The van der Waals surface area contributed by atoms with Gasteiger partial charge < -0.3 is 15.0 Å². The molecule has 0 aromatic rings. The molecule has 1 amide bonds. The lowest BCUT2D eigenvalue weighted by molar-refractivity contribution is 0.0183. The fourth-order valence-corrected chi connectivity index (χ4v) is 3.44. The Balaban J connectivity index is 1.64. The monoisotopic (exact) mass is 310 g/mol. The molecule has 22 heavy (non-hydrogen) atoms. The van der Waals surface area contributed by atoms with Crippen LogP contribution in [0.3, 0.4) is 0 Å². The van der Waals surface area contributed by atoms with Crippen molar-refractivity contribution in [1.82, 2.24) is 10.2 Å². The van der Waals surface area contributed by atoms with Crippen LogP contribution in [0.1, 0.15) is 66.2 Å². The van der Waals surface area contributed by atoms with Gasteiger partial charge in [-0.05, 0) is 77.7 Å². The summed E-state index contributed by atoms with van der Waals surface area (Å²) in [5, 5.41) is 3.76. The van der Waals surface area contributed by atoms with Crippen molar-refractivity contribution < 1.29 is 9.53 Å². The molecule has 1 N–H and O–H groups in total. The molecule has 128 valence electrons. The van der Waals surface area contributed by atoms with E-state index in [0.717, 1.165) is 44.4 Å². The van der Waals surface area contributed by atoms with Gasteiger partial charge >= 0.3 is 6.09 Å².